The Kier molecular flexibility index (Phi) is 4.75. The third-order valence-corrected chi connectivity index (χ3v) is 6.81. The molecule has 5 heteroatoms. The summed E-state index contributed by atoms with van der Waals surface area (Å²) in [4.78, 5) is 29.7. The first-order chi connectivity index (χ1) is 12.9. The zero-order valence-corrected chi connectivity index (χ0v) is 16.7. The number of aryl methyl sites for hydroxylation is 1. The lowest BCUT2D eigenvalue weighted by molar-refractivity contribution is -0.137. The van der Waals surface area contributed by atoms with E-state index in [1.165, 1.54) is 0 Å². The molecular weight excluding hydrogens is 340 g/mol. The van der Waals surface area contributed by atoms with Crippen molar-refractivity contribution in [1.29, 1.82) is 0 Å². The molecule has 1 unspecified atom stereocenters. The van der Waals surface area contributed by atoms with Gasteiger partial charge in [0.1, 0.15) is 11.4 Å². The topological polar surface area (TPSA) is 49.9 Å². The normalized spacial score (nSPS) is 23.2. The van der Waals surface area contributed by atoms with Gasteiger partial charge in [0.05, 0.1) is 18.0 Å². The van der Waals surface area contributed by atoms with E-state index in [1.807, 2.05) is 30.9 Å². The number of nitrogens with zero attached hydrogens (tertiary/aromatic N) is 2. The van der Waals surface area contributed by atoms with Crippen LogP contribution in [0.4, 0.5) is 0 Å². The fourth-order valence-corrected chi connectivity index (χ4v) is 4.74. The Hall–Kier alpha value is -1.88. The first kappa shape index (κ1) is 18.5. The highest BCUT2D eigenvalue weighted by molar-refractivity contribution is 6.01. The van der Waals surface area contributed by atoms with E-state index in [4.69, 9.17) is 4.74 Å². The molecule has 0 saturated carbocycles. The van der Waals surface area contributed by atoms with E-state index in [-0.39, 0.29) is 17.7 Å². The Morgan fingerprint density at radius 3 is 2.44 bits per heavy atom. The number of likely N-dealkylation sites (tertiary alicyclic amines) is 2. The van der Waals surface area contributed by atoms with Gasteiger partial charge in [-0.25, -0.2) is 0 Å². The van der Waals surface area contributed by atoms with Gasteiger partial charge in [-0.1, -0.05) is 6.07 Å². The van der Waals surface area contributed by atoms with E-state index in [0.717, 1.165) is 74.3 Å². The molecule has 146 valence electrons. The van der Waals surface area contributed by atoms with E-state index < -0.39 is 5.60 Å². The summed E-state index contributed by atoms with van der Waals surface area (Å²) in [5, 5.41) is 0. The SMILES string of the molecule is Cc1ccc2c(c1C)OC1(CCN(C(C)C(=O)N3CCCC3)CC1)CC2=O. The van der Waals surface area contributed by atoms with Crippen molar-refractivity contribution >= 4 is 11.7 Å². The molecule has 0 N–H and O–H groups in total. The van der Waals surface area contributed by atoms with Crippen LogP contribution in [0.5, 0.6) is 5.75 Å². The number of amides is 1. The number of hydrogen-bond acceptors (Lipinski definition) is 4. The molecule has 0 aromatic heterocycles. The molecule has 0 radical (unpaired) electrons. The Morgan fingerprint density at radius 2 is 1.78 bits per heavy atom. The molecule has 3 aliphatic heterocycles. The van der Waals surface area contributed by atoms with Crippen LogP contribution in [0.25, 0.3) is 0 Å². The Bertz CT molecular complexity index is 759. The summed E-state index contributed by atoms with van der Waals surface area (Å²) in [6.45, 7) is 9.50. The van der Waals surface area contributed by atoms with E-state index >= 15 is 0 Å². The Labute approximate surface area is 161 Å². The van der Waals surface area contributed by atoms with Crippen LogP contribution in [0.1, 0.15) is 60.5 Å². The summed E-state index contributed by atoms with van der Waals surface area (Å²) in [5.41, 5.74) is 2.54. The molecule has 1 aromatic rings. The molecule has 3 aliphatic rings. The predicted molar refractivity (Wildman–Crippen MR) is 104 cm³/mol. The molecule has 1 aromatic carbocycles. The highest BCUT2D eigenvalue weighted by atomic mass is 16.5. The number of rotatable bonds is 2. The summed E-state index contributed by atoms with van der Waals surface area (Å²) in [7, 11) is 0. The van der Waals surface area contributed by atoms with E-state index in [9.17, 15) is 9.59 Å². The number of ether oxygens (including phenoxy) is 1. The summed E-state index contributed by atoms with van der Waals surface area (Å²) < 4.78 is 6.49. The van der Waals surface area contributed by atoms with E-state index in [2.05, 4.69) is 11.8 Å². The molecule has 2 fully saturated rings. The van der Waals surface area contributed by atoms with Gasteiger partial charge in [0, 0.05) is 39.0 Å². The van der Waals surface area contributed by atoms with Crippen LogP contribution in [0.2, 0.25) is 0 Å². The maximum Gasteiger partial charge on any atom is 0.239 e. The van der Waals surface area contributed by atoms with Crippen molar-refractivity contribution in [3.05, 3.63) is 28.8 Å². The number of hydrogen-bond donors (Lipinski definition) is 0. The summed E-state index contributed by atoms with van der Waals surface area (Å²) in [6, 6.07) is 3.82. The second-order valence-electron chi connectivity index (χ2n) is 8.51. The second kappa shape index (κ2) is 6.93. The van der Waals surface area contributed by atoms with Crippen LogP contribution in [0, 0.1) is 13.8 Å². The van der Waals surface area contributed by atoms with Gasteiger partial charge in [-0.05, 0) is 50.8 Å². The number of carbonyl (C=O) groups is 2. The lowest BCUT2D eigenvalue weighted by atomic mass is 9.81. The molecule has 1 atom stereocenters. The van der Waals surface area contributed by atoms with Crippen molar-refractivity contribution in [2.45, 2.75) is 64.5 Å². The summed E-state index contributed by atoms with van der Waals surface area (Å²) in [5.74, 6) is 1.22. The van der Waals surface area contributed by atoms with Gasteiger partial charge >= 0.3 is 0 Å². The van der Waals surface area contributed by atoms with Crippen molar-refractivity contribution in [3.8, 4) is 5.75 Å². The molecule has 3 heterocycles. The standard InChI is InChI=1S/C22H30N2O3/c1-15-6-7-18-19(25)14-22(27-20(18)16(15)2)8-12-23(13-9-22)17(3)21(26)24-10-4-5-11-24/h6-7,17H,4-5,8-14H2,1-3H3. The average molecular weight is 370 g/mol. The van der Waals surface area contributed by atoms with Gasteiger partial charge < -0.3 is 9.64 Å². The van der Waals surface area contributed by atoms with Crippen LogP contribution in [-0.4, -0.2) is 59.3 Å². The van der Waals surface area contributed by atoms with Crippen molar-refractivity contribution in [1.82, 2.24) is 9.80 Å². The monoisotopic (exact) mass is 370 g/mol. The third kappa shape index (κ3) is 3.27. The summed E-state index contributed by atoms with van der Waals surface area (Å²) >= 11 is 0. The molecule has 1 amide bonds. The fourth-order valence-electron chi connectivity index (χ4n) is 4.74. The molecule has 4 rings (SSSR count). The number of benzene rings is 1. The number of Topliss-reactive ketones (excluding diaryl/α,β-unsaturated/α-hetero) is 1. The largest absolute Gasteiger partial charge is 0.486 e. The minimum absolute atomic E-state index is 0.0870. The highest BCUT2D eigenvalue weighted by Crippen LogP contribution is 2.42. The van der Waals surface area contributed by atoms with Gasteiger partial charge in [0.2, 0.25) is 5.91 Å². The maximum atomic E-state index is 12.8. The van der Waals surface area contributed by atoms with Crippen molar-refractivity contribution in [3.63, 3.8) is 0 Å². The van der Waals surface area contributed by atoms with Crippen molar-refractivity contribution in [2.75, 3.05) is 26.2 Å². The maximum absolute atomic E-state index is 12.8. The zero-order chi connectivity index (χ0) is 19.2. The molecule has 1 spiro atoms. The lowest BCUT2D eigenvalue weighted by Crippen LogP contribution is -2.55. The predicted octanol–water partition coefficient (Wildman–Crippen LogP) is 3.11. The molecule has 0 aliphatic carbocycles. The van der Waals surface area contributed by atoms with Gasteiger partial charge in [-0.3, -0.25) is 14.5 Å². The Balaban J connectivity index is 1.46. The van der Waals surface area contributed by atoms with Gasteiger partial charge in [0.25, 0.3) is 0 Å². The van der Waals surface area contributed by atoms with Crippen LogP contribution in [-0.2, 0) is 4.79 Å². The van der Waals surface area contributed by atoms with Gasteiger partial charge in [0.15, 0.2) is 5.78 Å². The smallest absolute Gasteiger partial charge is 0.239 e. The van der Waals surface area contributed by atoms with Crippen LogP contribution in [0.15, 0.2) is 12.1 Å². The second-order valence-corrected chi connectivity index (χ2v) is 8.51. The van der Waals surface area contributed by atoms with Gasteiger partial charge in [-0.15, -0.1) is 0 Å². The molecule has 5 nitrogen and oxygen atoms in total. The van der Waals surface area contributed by atoms with E-state index in [0.29, 0.717) is 6.42 Å². The molecule has 2 saturated heterocycles. The van der Waals surface area contributed by atoms with Crippen molar-refractivity contribution in [2.24, 2.45) is 0 Å². The quantitative estimate of drug-likeness (QED) is 0.803. The van der Waals surface area contributed by atoms with Crippen LogP contribution < -0.4 is 4.74 Å². The number of ketones is 1. The third-order valence-electron chi connectivity index (χ3n) is 6.81. The lowest BCUT2D eigenvalue weighted by Gasteiger charge is -2.45. The Morgan fingerprint density at radius 1 is 1.11 bits per heavy atom. The average Bonchev–Trinajstić information content (AvgIpc) is 3.19. The molecule has 0 bridgehead atoms. The number of piperidine rings is 1. The minimum atomic E-state index is -0.407. The van der Waals surface area contributed by atoms with Crippen LogP contribution in [0.3, 0.4) is 0 Å². The zero-order valence-electron chi connectivity index (χ0n) is 16.7. The fraction of sp³-hybridized carbons (Fsp3) is 0.636. The molecule has 27 heavy (non-hydrogen) atoms. The minimum Gasteiger partial charge on any atom is -0.486 e. The number of carbonyl (C=O) groups excluding carboxylic acids is 2. The molecular formula is C22H30N2O3. The highest BCUT2D eigenvalue weighted by Gasteiger charge is 2.44. The number of fused-ring (bicyclic) bond motifs is 1. The summed E-state index contributed by atoms with van der Waals surface area (Å²) in [6.07, 6.45) is 4.28. The van der Waals surface area contributed by atoms with Crippen LogP contribution >= 0.6 is 0 Å². The van der Waals surface area contributed by atoms with E-state index in [1.54, 1.807) is 0 Å². The van der Waals surface area contributed by atoms with Crippen molar-refractivity contribution < 1.29 is 14.3 Å². The first-order valence-corrected chi connectivity index (χ1v) is 10.3. The first-order valence-electron chi connectivity index (χ1n) is 10.3. The van der Waals surface area contributed by atoms with Gasteiger partial charge in [-0.2, -0.15) is 0 Å².